The van der Waals surface area contributed by atoms with E-state index >= 15 is 0 Å². The maximum absolute atomic E-state index is 12.1. The fourth-order valence-corrected chi connectivity index (χ4v) is 1.68. The normalized spacial score (nSPS) is 11.3. The summed E-state index contributed by atoms with van der Waals surface area (Å²) in [5, 5.41) is 15.5. The molecule has 1 heterocycles. The summed E-state index contributed by atoms with van der Waals surface area (Å²) in [6, 6.07) is 6.80. The van der Waals surface area contributed by atoms with Gasteiger partial charge < -0.3 is 10.4 Å². The molecule has 1 unspecified atom stereocenters. The average molecular weight is 284 g/mol. The molecular weight excluding hydrogens is 268 g/mol. The van der Waals surface area contributed by atoms with E-state index < -0.39 is 6.04 Å². The van der Waals surface area contributed by atoms with Gasteiger partial charge in [-0.25, -0.2) is 9.67 Å². The van der Waals surface area contributed by atoms with Crippen LogP contribution in [0, 0.1) is 11.8 Å². The van der Waals surface area contributed by atoms with E-state index in [4.69, 9.17) is 5.11 Å². The Kier molecular flexibility index (Phi) is 5.07. The molecule has 6 heteroatoms. The van der Waals surface area contributed by atoms with Crippen LogP contribution in [0.15, 0.2) is 36.9 Å². The molecule has 0 aliphatic carbocycles. The molecule has 2 aromatic rings. The van der Waals surface area contributed by atoms with Crippen molar-refractivity contribution in [3.05, 3.63) is 42.5 Å². The molecule has 0 fully saturated rings. The molecule has 2 rings (SSSR count). The molecule has 108 valence electrons. The second kappa shape index (κ2) is 7.22. The molecule has 0 spiro atoms. The summed E-state index contributed by atoms with van der Waals surface area (Å²) >= 11 is 0. The predicted molar refractivity (Wildman–Crippen MR) is 78.4 cm³/mol. The van der Waals surface area contributed by atoms with Crippen molar-refractivity contribution in [2.75, 3.05) is 11.9 Å². The lowest BCUT2D eigenvalue weighted by Crippen LogP contribution is -2.24. The zero-order chi connectivity index (χ0) is 15.1. The van der Waals surface area contributed by atoms with Crippen molar-refractivity contribution in [1.29, 1.82) is 0 Å². The zero-order valence-electron chi connectivity index (χ0n) is 11.7. The quantitative estimate of drug-likeness (QED) is 0.827. The van der Waals surface area contributed by atoms with Crippen molar-refractivity contribution >= 4 is 11.6 Å². The van der Waals surface area contributed by atoms with Gasteiger partial charge in [-0.05, 0) is 25.1 Å². The van der Waals surface area contributed by atoms with Crippen LogP contribution >= 0.6 is 0 Å². The molecular formula is C15H16N4O2. The van der Waals surface area contributed by atoms with E-state index in [1.807, 2.05) is 12.1 Å². The molecule has 6 nitrogen and oxygen atoms in total. The van der Waals surface area contributed by atoms with E-state index in [2.05, 4.69) is 27.2 Å². The number of anilines is 1. The zero-order valence-corrected chi connectivity index (χ0v) is 11.7. The van der Waals surface area contributed by atoms with Gasteiger partial charge in [0.25, 0.3) is 0 Å². The van der Waals surface area contributed by atoms with Gasteiger partial charge in [0.2, 0.25) is 5.91 Å². The number of benzene rings is 1. The fourth-order valence-electron chi connectivity index (χ4n) is 1.68. The Morgan fingerprint density at radius 1 is 1.52 bits per heavy atom. The first kappa shape index (κ1) is 14.8. The van der Waals surface area contributed by atoms with Crippen LogP contribution in [0.25, 0.3) is 0 Å². The summed E-state index contributed by atoms with van der Waals surface area (Å²) in [5.41, 5.74) is 1.46. The maximum Gasteiger partial charge on any atom is 0.249 e. The van der Waals surface area contributed by atoms with Crippen LogP contribution in [0.2, 0.25) is 0 Å². The maximum atomic E-state index is 12.1. The highest BCUT2D eigenvalue weighted by Gasteiger charge is 2.15. The summed E-state index contributed by atoms with van der Waals surface area (Å²) in [4.78, 5) is 15.9. The number of aromatic nitrogens is 3. The molecule has 2 N–H and O–H groups in total. The van der Waals surface area contributed by atoms with Gasteiger partial charge in [-0.3, -0.25) is 4.79 Å². The Morgan fingerprint density at radius 2 is 2.38 bits per heavy atom. The smallest absolute Gasteiger partial charge is 0.249 e. The third-order valence-corrected chi connectivity index (χ3v) is 2.81. The topological polar surface area (TPSA) is 80.0 Å². The predicted octanol–water partition coefficient (Wildman–Crippen LogP) is 1.21. The second-order valence-electron chi connectivity index (χ2n) is 4.40. The van der Waals surface area contributed by atoms with Gasteiger partial charge in [0, 0.05) is 17.7 Å². The molecule has 1 aromatic carbocycles. The van der Waals surface area contributed by atoms with E-state index in [1.165, 1.54) is 17.3 Å². The minimum Gasteiger partial charge on any atom is -0.395 e. The molecule has 21 heavy (non-hydrogen) atoms. The number of nitrogens with zero attached hydrogens (tertiary/aromatic N) is 3. The van der Waals surface area contributed by atoms with E-state index in [0.29, 0.717) is 12.1 Å². The molecule has 0 aliphatic heterocycles. The third-order valence-electron chi connectivity index (χ3n) is 2.81. The van der Waals surface area contributed by atoms with Crippen LogP contribution in [-0.2, 0) is 4.79 Å². The largest absolute Gasteiger partial charge is 0.395 e. The monoisotopic (exact) mass is 284 g/mol. The van der Waals surface area contributed by atoms with Crippen molar-refractivity contribution in [1.82, 2.24) is 14.8 Å². The van der Waals surface area contributed by atoms with Crippen molar-refractivity contribution in [2.45, 2.75) is 19.4 Å². The number of nitrogens with one attached hydrogen (secondary N) is 1. The lowest BCUT2D eigenvalue weighted by molar-refractivity contribution is -0.119. The minimum atomic E-state index is -0.448. The highest BCUT2D eigenvalue weighted by atomic mass is 16.2. The summed E-state index contributed by atoms with van der Waals surface area (Å²) in [7, 11) is 0. The van der Waals surface area contributed by atoms with Crippen molar-refractivity contribution in [2.24, 2.45) is 0 Å². The van der Waals surface area contributed by atoms with Crippen molar-refractivity contribution < 1.29 is 9.90 Å². The van der Waals surface area contributed by atoms with Gasteiger partial charge in [0.05, 0.1) is 6.61 Å². The van der Waals surface area contributed by atoms with Crippen LogP contribution in [0.5, 0.6) is 0 Å². The van der Waals surface area contributed by atoms with Crippen LogP contribution < -0.4 is 5.32 Å². The van der Waals surface area contributed by atoms with E-state index in [9.17, 15) is 4.79 Å². The summed E-state index contributed by atoms with van der Waals surface area (Å²) in [6.07, 6.45) is 3.32. The third kappa shape index (κ3) is 4.16. The van der Waals surface area contributed by atoms with Crippen molar-refractivity contribution in [3.63, 3.8) is 0 Å². The van der Waals surface area contributed by atoms with Gasteiger partial charge in [-0.2, -0.15) is 5.10 Å². The molecule has 0 saturated heterocycles. The Labute approximate surface area is 122 Å². The average Bonchev–Trinajstić information content (AvgIpc) is 3.01. The first-order chi connectivity index (χ1) is 10.2. The van der Waals surface area contributed by atoms with Crippen LogP contribution in [0.3, 0.4) is 0 Å². The van der Waals surface area contributed by atoms with Crippen LogP contribution in [0.1, 0.15) is 24.9 Å². The lowest BCUT2D eigenvalue weighted by Gasteiger charge is -2.12. The van der Waals surface area contributed by atoms with Gasteiger partial charge in [0.1, 0.15) is 18.7 Å². The number of hydrogen-bond acceptors (Lipinski definition) is 4. The van der Waals surface area contributed by atoms with Crippen LogP contribution in [-0.4, -0.2) is 32.4 Å². The standard InChI is InChI=1S/C15H16N4O2/c1-12(19-11-16-10-17-19)15(21)18-14-7-4-6-13(9-14)5-2-3-8-20/h4,6-7,9-12,20H,3,8H2,1H3,(H,18,21). The Morgan fingerprint density at radius 3 is 3.10 bits per heavy atom. The molecule has 0 bridgehead atoms. The van der Waals surface area contributed by atoms with Gasteiger partial charge in [-0.1, -0.05) is 17.9 Å². The number of amides is 1. The summed E-state index contributed by atoms with van der Waals surface area (Å²) < 4.78 is 1.49. The summed E-state index contributed by atoms with van der Waals surface area (Å²) in [6.45, 7) is 1.79. The van der Waals surface area contributed by atoms with Gasteiger partial charge in [-0.15, -0.1) is 0 Å². The Hall–Kier alpha value is -2.65. The number of aliphatic hydroxyl groups excluding tert-OH is 1. The Bertz CT molecular complexity index is 656. The number of rotatable bonds is 4. The van der Waals surface area contributed by atoms with Gasteiger partial charge in [0.15, 0.2) is 0 Å². The Balaban J connectivity index is 2.04. The fraction of sp³-hybridized carbons (Fsp3) is 0.267. The molecule has 0 saturated carbocycles. The minimum absolute atomic E-state index is 0.0405. The first-order valence-electron chi connectivity index (χ1n) is 6.55. The molecule has 1 amide bonds. The molecule has 1 atom stereocenters. The lowest BCUT2D eigenvalue weighted by atomic mass is 10.2. The van der Waals surface area contributed by atoms with E-state index in [1.54, 1.807) is 19.1 Å². The van der Waals surface area contributed by atoms with E-state index in [0.717, 1.165) is 5.56 Å². The first-order valence-corrected chi connectivity index (χ1v) is 6.55. The number of carbonyl (C=O) groups excluding carboxylic acids is 1. The number of carbonyl (C=O) groups is 1. The number of aliphatic hydroxyl groups is 1. The highest BCUT2D eigenvalue weighted by molar-refractivity contribution is 5.93. The van der Waals surface area contributed by atoms with Gasteiger partial charge >= 0.3 is 0 Å². The molecule has 0 radical (unpaired) electrons. The van der Waals surface area contributed by atoms with Crippen LogP contribution in [0.4, 0.5) is 5.69 Å². The second-order valence-corrected chi connectivity index (χ2v) is 4.40. The summed E-state index contributed by atoms with van der Waals surface area (Å²) in [5.74, 6) is 5.59. The highest BCUT2D eigenvalue weighted by Crippen LogP contribution is 2.12. The van der Waals surface area contributed by atoms with E-state index in [-0.39, 0.29) is 12.5 Å². The number of hydrogen-bond donors (Lipinski definition) is 2. The molecule has 1 aromatic heterocycles. The SMILES string of the molecule is CC(C(=O)Nc1cccc(C#CCCO)c1)n1cncn1. The molecule has 0 aliphatic rings. The van der Waals surface area contributed by atoms with Crippen molar-refractivity contribution in [3.8, 4) is 11.8 Å².